The average Bonchev–Trinajstić information content (AvgIpc) is 2.59. The van der Waals surface area contributed by atoms with Gasteiger partial charge in [0, 0.05) is 0 Å². The normalized spacial score (nSPS) is 16.5. The van der Waals surface area contributed by atoms with Gasteiger partial charge >= 0.3 is 0 Å². The highest BCUT2D eigenvalue weighted by Crippen LogP contribution is 2.36. The maximum Gasteiger partial charge on any atom is 0.289 e. The Morgan fingerprint density at radius 2 is 1.44 bits per heavy atom. The molecule has 1 aromatic heterocycles. The van der Waals surface area contributed by atoms with Gasteiger partial charge in [-0.2, -0.15) is 0 Å². The predicted octanol–water partition coefficient (Wildman–Crippen LogP) is 2.93. The molecule has 0 atom stereocenters. The van der Waals surface area contributed by atoms with Crippen LogP contribution in [-0.4, -0.2) is 11.5 Å². The zero-order chi connectivity index (χ0) is 11.2. The van der Waals surface area contributed by atoms with Crippen molar-refractivity contribution >= 4 is 46.2 Å². The first-order chi connectivity index (χ1) is 7.86. The molecule has 1 nitrogen and oxygen atoms in total. The van der Waals surface area contributed by atoms with Crippen LogP contribution < -0.4 is 4.06 Å². The van der Waals surface area contributed by atoms with Crippen molar-refractivity contribution in [3.63, 3.8) is 0 Å². The lowest BCUT2D eigenvalue weighted by Crippen LogP contribution is -1.75. The molecule has 2 heterocycles. The molecule has 0 spiro atoms. The molecule has 1 aliphatic rings. The molecule has 16 heavy (non-hydrogen) atoms. The quantitative estimate of drug-likeness (QED) is 0.681. The number of rotatable bonds is 0. The third kappa shape index (κ3) is 3.47. The second-order valence-electron chi connectivity index (χ2n) is 2.58. The van der Waals surface area contributed by atoms with Gasteiger partial charge in [0.15, 0.2) is 0 Å². The molecule has 0 saturated heterocycles. The van der Waals surface area contributed by atoms with Crippen molar-refractivity contribution in [1.29, 1.82) is 0 Å². The maximum absolute atomic E-state index is 11.3. The van der Waals surface area contributed by atoms with Gasteiger partial charge in [-0.25, -0.2) is 0 Å². The second kappa shape index (κ2) is 6.22. The van der Waals surface area contributed by atoms with Crippen molar-refractivity contribution in [3.05, 3.63) is 21.0 Å². The van der Waals surface area contributed by atoms with Crippen LogP contribution in [0.2, 0.25) is 0 Å². The Labute approximate surface area is 110 Å². The third-order valence-electron chi connectivity index (χ3n) is 1.52. The largest absolute Gasteiger partial charge is 0.289 e. The summed E-state index contributed by atoms with van der Waals surface area (Å²) < 4.78 is 2.32. The molecule has 0 fully saturated rings. The number of thioether (sulfide) groups is 2. The molecule has 0 N–H and O–H groups in total. The van der Waals surface area contributed by atoms with E-state index >= 15 is 0 Å². The molecule has 5 heteroatoms. The van der Waals surface area contributed by atoms with E-state index in [2.05, 4.69) is 23.7 Å². The molecule has 0 unspecified atom stereocenters. The highest BCUT2D eigenvalue weighted by Gasteiger charge is 2.09. The van der Waals surface area contributed by atoms with Gasteiger partial charge in [0.05, 0.1) is 19.9 Å². The topological polar surface area (TPSA) is 17.1 Å². The Bertz CT molecular complexity index is 522. The van der Waals surface area contributed by atoms with Crippen LogP contribution in [0.25, 0.3) is 0 Å². The first kappa shape index (κ1) is 11.9. The minimum atomic E-state index is 0.152. The van der Waals surface area contributed by atoms with Crippen molar-refractivity contribution in [2.45, 2.75) is 8.42 Å². The van der Waals surface area contributed by atoms with Crippen LogP contribution in [0.3, 0.4) is 0 Å². The van der Waals surface area contributed by atoms with Gasteiger partial charge in [-0.15, -0.1) is 23.5 Å². The summed E-state index contributed by atoms with van der Waals surface area (Å²) in [6.45, 7) is 0. The fraction of sp³-hybridized carbons (Fsp3) is 0.182. The summed E-state index contributed by atoms with van der Waals surface area (Å²) in [5.41, 5.74) is 0. The number of allylic oxidation sites excluding steroid dienone is 2. The van der Waals surface area contributed by atoms with Crippen molar-refractivity contribution in [1.82, 2.24) is 0 Å². The van der Waals surface area contributed by atoms with E-state index in [4.69, 9.17) is 0 Å². The number of hydrogen-bond acceptors (Lipinski definition) is 5. The van der Waals surface area contributed by atoms with Gasteiger partial charge in [-0.1, -0.05) is 46.4 Å². The van der Waals surface area contributed by atoms with Crippen LogP contribution in [0.5, 0.6) is 0 Å². The molecule has 0 radical (unpaired) electrons. The summed E-state index contributed by atoms with van der Waals surface area (Å²) in [6.07, 6.45) is 3.52. The molecular formula is C11H6OS4. The fourth-order valence-electron chi connectivity index (χ4n) is 0.920. The SMILES string of the molecule is O=c1sc2c(s1)SCC#C/C=C/C#CCS2. The maximum atomic E-state index is 11.3. The summed E-state index contributed by atoms with van der Waals surface area (Å²) in [5, 5.41) is 0. The molecular weight excluding hydrogens is 276 g/mol. The molecule has 0 aromatic carbocycles. The van der Waals surface area contributed by atoms with Crippen LogP contribution in [-0.2, 0) is 0 Å². The number of fused-ring (bicyclic) bond motifs is 1. The molecule has 2 rings (SSSR count). The second-order valence-corrected chi connectivity index (χ2v) is 7.29. The van der Waals surface area contributed by atoms with Crippen molar-refractivity contribution in [2.75, 3.05) is 11.5 Å². The molecule has 1 aromatic rings. The Hall–Kier alpha value is -0.590. The molecule has 0 bridgehead atoms. The van der Waals surface area contributed by atoms with Crippen LogP contribution in [0.15, 0.2) is 25.4 Å². The lowest BCUT2D eigenvalue weighted by atomic mass is 10.5. The minimum Gasteiger partial charge on any atom is -0.265 e. The van der Waals surface area contributed by atoms with Crippen LogP contribution in [0.1, 0.15) is 0 Å². The van der Waals surface area contributed by atoms with Crippen molar-refractivity contribution in [3.8, 4) is 23.7 Å². The van der Waals surface area contributed by atoms with Gasteiger partial charge in [-0.3, -0.25) is 4.79 Å². The summed E-state index contributed by atoms with van der Waals surface area (Å²) in [7, 11) is 0. The van der Waals surface area contributed by atoms with E-state index in [-0.39, 0.29) is 4.06 Å². The van der Waals surface area contributed by atoms with E-state index < -0.39 is 0 Å². The van der Waals surface area contributed by atoms with Crippen LogP contribution in [0, 0.1) is 23.7 Å². The summed E-state index contributed by atoms with van der Waals surface area (Å²) >= 11 is 5.89. The van der Waals surface area contributed by atoms with Crippen LogP contribution in [0.4, 0.5) is 0 Å². The molecule has 0 saturated carbocycles. The zero-order valence-electron chi connectivity index (χ0n) is 8.11. The van der Waals surface area contributed by atoms with Gasteiger partial charge in [0.25, 0.3) is 4.06 Å². The highest BCUT2D eigenvalue weighted by atomic mass is 32.2. The highest BCUT2D eigenvalue weighted by molar-refractivity contribution is 8.05. The van der Waals surface area contributed by atoms with Crippen molar-refractivity contribution < 1.29 is 0 Å². The van der Waals surface area contributed by atoms with E-state index in [1.807, 2.05) is 0 Å². The smallest absolute Gasteiger partial charge is 0.265 e. The van der Waals surface area contributed by atoms with Crippen LogP contribution >= 0.6 is 46.2 Å². The van der Waals surface area contributed by atoms with E-state index in [1.165, 1.54) is 22.7 Å². The van der Waals surface area contributed by atoms with Crippen molar-refractivity contribution in [2.24, 2.45) is 0 Å². The Kier molecular flexibility index (Phi) is 4.62. The van der Waals surface area contributed by atoms with E-state index in [9.17, 15) is 4.79 Å². The summed E-state index contributed by atoms with van der Waals surface area (Å²) in [4.78, 5) is 11.3. The van der Waals surface area contributed by atoms with E-state index in [1.54, 1.807) is 35.7 Å². The van der Waals surface area contributed by atoms with E-state index in [0.717, 1.165) is 19.9 Å². The van der Waals surface area contributed by atoms with Gasteiger partial charge < -0.3 is 0 Å². The molecule has 0 aliphatic carbocycles. The first-order valence-corrected chi connectivity index (χ1v) is 7.98. The van der Waals surface area contributed by atoms with Gasteiger partial charge in [0.2, 0.25) is 0 Å². The average molecular weight is 282 g/mol. The first-order valence-electron chi connectivity index (χ1n) is 4.37. The minimum absolute atomic E-state index is 0.152. The molecule has 80 valence electrons. The monoisotopic (exact) mass is 282 g/mol. The third-order valence-corrected chi connectivity index (χ3v) is 6.37. The van der Waals surface area contributed by atoms with Gasteiger partial charge in [0.1, 0.15) is 0 Å². The van der Waals surface area contributed by atoms with E-state index in [0.29, 0.717) is 0 Å². The lowest BCUT2D eigenvalue weighted by molar-refractivity contribution is 1.52. The zero-order valence-corrected chi connectivity index (χ0v) is 11.4. The predicted molar refractivity (Wildman–Crippen MR) is 74.6 cm³/mol. The Balaban J connectivity index is 2.25. The summed E-state index contributed by atoms with van der Waals surface area (Å²) in [6, 6.07) is 0. The van der Waals surface area contributed by atoms with Gasteiger partial charge in [-0.05, 0) is 12.2 Å². The Morgan fingerprint density at radius 3 is 1.94 bits per heavy atom. The Morgan fingerprint density at radius 1 is 0.938 bits per heavy atom. The molecule has 0 amide bonds. The number of hydrogen-bond donors (Lipinski definition) is 0. The molecule has 1 aliphatic heterocycles. The standard InChI is InChI=1S/C11H6OS4/c12-11-15-9-10(16-11)14-8-6-4-2-1-3-5-7-13-9/h1-2H,7-8H2/b2-1+. The lowest BCUT2D eigenvalue weighted by Gasteiger charge is -1.96. The summed E-state index contributed by atoms with van der Waals surface area (Å²) in [5.74, 6) is 13.3. The fourth-order valence-corrected chi connectivity index (χ4v) is 5.67.